The number of aryl methyl sites for hydroxylation is 3. The van der Waals surface area contributed by atoms with Crippen molar-refractivity contribution in [2.24, 2.45) is 7.05 Å². The lowest BCUT2D eigenvalue weighted by molar-refractivity contribution is 0.0935. The van der Waals surface area contributed by atoms with Gasteiger partial charge in [0.15, 0.2) is 0 Å². The van der Waals surface area contributed by atoms with Gasteiger partial charge < -0.3 is 5.32 Å². The molecule has 1 amide bonds. The van der Waals surface area contributed by atoms with Crippen LogP contribution in [0.1, 0.15) is 45.3 Å². The van der Waals surface area contributed by atoms with Crippen LogP contribution in [0.2, 0.25) is 0 Å². The second-order valence-corrected chi connectivity index (χ2v) is 7.04. The van der Waals surface area contributed by atoms with Gasteiger partial charge in [0, 0.05) is 16.0 Å². The van der Waals surface area contributed by atoms with Crippen molar-refractivity contribution in [3.63, 3.8) is 0 Å². The van der Waals surface area contributed by atoms with Crippen LogP contribution in [0.15, 0.2) is 24.3 Å². The van der Waals surface area contributed by atoms with E-state index in [4.69, 9.17) is 0 Å². The van der Waals surface area contributed by atoms with Crippen molar-refractivity contribution in [2.45, 2.75) is 33.2 Å². The van der Waals surface area contributed by atoms with E-state index in [1.807, 2.05) is 32.9 Å². The fourth-order valence-corrected chi connectivity index (χ4v) is 3.45. The monoisotopic (exact) mass is 356 g/mol. The number of rotatable bonds is 5. The summed E-state index contributed by atoms with van der Waals surface area (Å²) in [7, 11) is 1.71. The van der Waals surface area contributed by atoms with Crippen molar-refractivity contribution < 1.29 is 4.79 Å². The molecule has 1 unspecified atom stereocenters. The van der Waals surface area contributed by atoms with Crippen LogP contribution in [0.4, 0.5) is 0 Å². The molecule has 0 radical (unpaired) electrons. The lowest BCUT2D eigenvalue weighted by Gasteiger charge is -2.14. The molecule has 0 fully saturated rings. The predicted octanol–water partition coefficient (Wildman–Crippen LogP) is 2.83. The molecule has 0 aliphatic carbocycles. The SMILES string of the molecule is CCC(NC(=O)c1ccc(-c2nnn(C)n2)cc1)c1nc(C)c(C)s1. The minimum atomic E-state index is -0.115. The topological polar surface area (TPSA) is 85.6 Å². The van der Waals surface area contributed by atoms with Gasteiger partial charge in [0.1, 0.15) is 5.01 Å². The van der Waals surface area contributed by atoms with E-state index < -0.39 is 0 Å². The minimum Gasteiger partial charge on any atom is -0.343 e. The molecule has 1 aromatic carbocycles. The number of benzene rings is 1. The molecule has 25 heavy (non-hydrogen) atoms. The molecule has 7 nitrogen and oxygen atoms in total. The van der Waals surface area contributed by atoms with Gasteiger partial charge in [0.25, 0.3) is 5.91 Å². The van der Waals surface area contributed by atoms with Gasteiger partial charge in [-0.3, -0.25) is 4.79 Å². The number of thiazole rings is 1. The first kappa shape index (κ1) is 17.2. The summed E-state index contributed by atoms with van der Waals surface area (Å²) in [6.07, 6.45) is 0.791. The van der Waals surface area contributed by atoms with Crippen molar-refractivity contribution >= 4 is 17.2 Å². The number of carbonyl (C=O) groups is 1. The average molecular weight is 356 g/mol. The van der Waals surface area contributed by atoms with Crippen molar-refractivity contribution in [3.05, 3.63) is 45.4 Å². The van der Waals surface area contributed by atoms with Crippen LogP contribution >= 0.6 is 11.3 Å². The lowest BCUT2D eigenvalue weighted by Crippen LogP contribution is -2.28. The molecule has 0 bridgehead atoms. The smallest absolute Gasteiger partial charge is 0.251 e. The summed E-state index contributed by atoms with van der Waals surface area (Å²) < 4.78 is 0. The van der Waals surface area contributed by atoms with E-state index in [1.54, 1.807) is 30.5 Å². The van der Waals surface area contributed by atoms with E-state index in [0.717, 1.165) is 22.7 Å². The normalized spacial score (nSPS) is 12.2. The maximum Gasteiger partial charge on any atom is 0.251 e. The van der Waals surface area contributed by atoms with Gasteiger partial charge in [-0.1, -0.05) is 19.1 Å². The second-order valence-electron chi connectivity index (χ2n) is 5.81. The molecular weight excluding hydrogens is 336 g/mol. The first-order valence-electron chi connectivity index (χ1n) is 8.07. The number of nitrogens with one attached hydrogen (secondary N) is 1. The summed E-state index contributed by atoms with van der Waals surface area (Å²) in [4.78, 5) is 19.7. The Morgan fingerprint density at radius 3 is 2.52 bits per heavy atom. The number of nitrogens with zero attached hydrogens (tertiary/aromatic N) is 5. The number of hydrogen-bond donors (Lipinski definition) is 1. The zero-order chi connectivity index (χ0) is 18.0. The van der Waals surface area contributed by atoms with Crippen LogP contribution in [0.5, 0.6) is 0 Å². The molecule has 3 rings (SSSR count). The first-order chi connectivity index (χ1) is 12.0. The second kappa shape index (κ2) is 7.10. The van der Waals surface area contributed by atoms with Gasteiger partial charge >= 0.3 is 0 Å². The van der Waals surface area contributed by atoms with Crippen LogP contribution in [-0.4, -0.2) is 31.1 Å². The summed E-state index contributed by atoms with van der Waals surface area (Å²) in [6.45, 7) is 6.08. The van der Waals surface area contributed by atoms with Crippen LogP contribution in [-0.2, 0) is 7.05 Å². The Balaban J connectivity index is 1.73. The van der Waals surface area contributed by atoms with Crippen LogP contribution in [0.25, 0.3) is 11.4 Å². The number of hydrogen-bond acceptors (Lipinski definition) is 6. The Labute approximate surface area is 150 Å². The van der Waals surface area contributed by atoms with Gasteiger partial charge in [0.2, 0.25) is 5.82 Å². The highest BCUT2D eigenvalue weighted by atomic mass is 32.1. The Morgan fingerprint density at radius 2 is 2.00 bits per heavy atom. The standard InChI is InChI=1S/C17H20N6OS/c1-5-14(17-18-10(2)11(3)25-17)19-16(24)13-8-6-12(7-9-13)15-20-22-23(4)21-15/h6-9,14H,5H2,1-4H3,(H,19,24). The minimum absolute atomic E-state index is 0.0776. The molecule has 0 aliphatic heterocycles. The van der Waals surface area contributed by atoms with Crippen LogP contribution in [0.3, 0.4) is 0 Å². The molecule has 8 heteroatoms. The highest BCUT2D eigenvalue weighted by molar-refractivity contribution is 7.11. The van der Waals surface area contributed by atoms with Gasteiger partial charge in [-0.15, -0.1) is 21.5 Å². The Bertz CT molecular complexity index is 863. The van der Waals surface area contributed by atoms with E-state index in [9.17, 15) is 4.79 Å². The molecule has 0 spiro atoms. The lowest BCUT2D eigenvalue weighted by atomic mass is 10.1. The van der Waals surface area contributed by atoms with Crippen molar-refractivity contribution in [3.8, 4) is 11.4 Å². The third kappa shape index (κ3) is 3.74. The van der Waals surface area contributed by atoms with Gasteiger partial charge in [-0.25, -0.2) is 4.98 Å². The van der Waals surface area contributed by atoms with Gasteiger partial charge in [0.05, 0.1) is 18.8 Å². The van der Waals surface area contributed by atoms with E-state index in [2.05, 4.69) is 25.7 Å². The molecular formula is C17H20N6OS. The molecule has 3 aromatic rings. The summed E-state index contributed by atoms with van der Waals surface area (Å²) in [6, 6.07) is 7.11. The maximum atomic E-state index is 12.5. The Morgan fingerprint density at radius 1 is 1.28 bits per heavy atom. The van der Waals surface area contributed by atoms with E-state index in [0.29, 0.717) is 11.4 Å². The third-order valence-electron chi connectivity index (χ3n) is 3.97. The predicted molar refractivity (Wildman–Crippen MR) is 96.3 cm³/mol. The van der Waals surface area contributed by atoms with E-state index in [1.165, 1.54) is 9.67 Å². The quantitative estimate of drug-likeness (QED) is 0.760. The van der Waals surface area contributed by atoms with Crippen molar-refractivity contribution in [1.29, 1.82) is 0 Å². The van der Waals surface area contributed by atoms with Crippen LogP contribution in [0, 0.1) is 13.8 Å². The highest BCUT2D eigenvalue weighted by Crippen LogP contribution is 2.25. The zero-order valence-electron chi connectivity index (χ0n) is 14.6. The van der Waals surface area contributed by atoms with Crippen molar-refractivity contribution in [2.75, 3.05) is 0 Å². The molecule has 0 saturated heterocycles. The largest absolute Gasteiger partial charge is 0.343 e. The maximum absolute atomic E-state index is 12.5. The molecule has 0 saturated carbocycles. The molecule has 1 atom stereocenters. The molecule has 0 aliphatic rings. The van der Waals surface area contributed by atoms with Crippen LogP contribution < -0.4 is 5.32 Å². The molecule has 2 heterocycles. The summed E-state index contributed by atoms with van der Waals surface area (Å²) >= 11 is 1.63. The average Bonchev–Trinajstić information content (AvgIpc) is 3.18. The fraction of sp³-hybridized carbons (Fsp3) is 0.353. The van der Waals surface area contributed by atoms with E-state index in [-0.39, 0.29) is 11.9 Å². The van der Waals surface area contributed by atoms with Crippen molar-refractivity contribution in [1.82, 2.24) is 30.5 Å². The van der Waals surface area contributed by atoms with Gasteiger partial charge in [-0.05, 0) is 37.6 Å². The fourth-order valence-electron chi connectivity index (χ4n) is 2.40. The number of carbonyl (C=O) groups excluding carboxylic acids is 1. The first-order valence-corrected chi connectivity index (χ1v) is 8.88. The summed E-state index contributed by atoms with van der Waals surface area (Å²) in [5, 5.41) is 15.9. The number of amides is 1. The molecule has 1 N–H and O–H groups in total. The van der Waals surface area contributed by atoms with E-state index >= 15 is 0 Å². The molecule has 130 valence electrons. The summed E-state index contributed by atoms with van der Waals surface area (Å²) in [5.41, 5.74) is 2.44. The Kier molecular flexibility index (Phi) is 4.89. The third-order valence-corrected chi connectivity index (χ3v) is 5.16. The highest BCUT2D eigenvalue weighted by Gasteiger charge is 2.18. The number of aromatic nitrogens is 5. The van der Waals surface area contributed by atoms with Gasteiger partial charge in [-0.2, -0.15) is 4.80 Å². The zero-order valence-corrected chi connectivity index (χ0v) is 15.5. The number of tetrazole rings is 1. The summed E-state index contributed by atoms with van der Waals surface area (Å²) in [5.74, 6) is 0.422. The molecule has 2 aromatic heterocycles. The Hall–Kier alpha value is -2.61.